The third kappa shape index (κ3) is 5.31. The molecule has 2 aromatic carbocycles. The first-order valence-electron chi connectivity index (χ1n) is 8.85. The van der Waals surface area contributed by atoms with E-state index in [1.54, 1.807) is 19.4 Å². The maximum absolute atomic E-state index is 12.3. The van der Waals surface area contributed by atoms with Crippen LogP contribution in [0.4, 0.5) is 11.5 Å². The van der Waals surface area contributed by atoms with Crippen LogP contribution >= 0.6 is 0 Å². The van der Waals surface area contributed by atoms with Crippen LogP contribution in [0.1, 0.15) is 21.5 Å². The summed E-state index contributed by atoms with van der Waals surface area (Å²) in [5, 5.41) is 6.14. The van der Waals surface area contributed by atoms with Gasteiger partial charge < -0.3 is 15.4 Å². The Morgan fingerprint density at radius 3 is 2.59 bits per heavy atom. The molecule has 3 rings (SSSR count). The summed E-state index contributed by atoms with van der Waals surface area (Å²) in [6.07, 6.45) is 2.44. The Morgan fingerprint density at radius 1 is 1.07 bits per heavy atom. The van der Waals surface area contributed by atoms with E-state index in [1.807, 2.05) is 55.5 Å². The van der Waals surface area contributed by atoms with E-state index in [0.717, 1.165) is 35.8 Å². The molecule has 0 bridgehead atoms. The van der Waals surface area contributed by atoms with Crippen molar-refractivity contribution in [1.29, 1.82) is 0 Å². The number of hydrogen-bond acceptors (Lipinski definition) is 4. The lowest BCUT2D eigenvalue weighted by Gasteiger charge is -2.08. The fourth-order valence-electron chi connectivity index (χ4n) is 2.64. The van der Waals surface area contributed by atoms with Crippen molar-refractivity contribution in [2.45, 2.75) is 13.3 Å². The van der Waals surface area contributed by atoms with Gasteiger partial charge in [0, 0.05) is 18.4 Å². The zero-order chi connectivity index (χ0) is 19.1. The third-order valence-corrected chi connectivity index (χ3v) is 4.19. The summed E-state index contributed by atoms with van der Waals surface area (Å²) in [5.41, 5.74) is 3.63. The van der Waals surface area contributed by atoms with Crippen LogP contribution in [-0.4, -0.2) is 24.5 Å². The number of hydrogen-bond donors (Lipinski definition) is 2. The van der Waals surface area contributed by atoms with Crippen molar-refractivity contribution in [3.8, 4) is 5.75 Å². The number of ether oxygens (including phenoxy) is 1. The Balaban J connectivity index is 1.52. The normalized spacial score (nSPS) is 10.3. The molecule has 0 aliphatic carbocycles. The molecule has 1 aromatic heterocycles. The molecule has 3 aromatic rings. The van der Waals surface area contributed by atoms with Gasteiger partial charge in [-0.2, -0.15) is 0 Å². The van der Waals surface area contributed by atoms with Crippen LogP contribution in [0.3, 0.4) is 0 Å². The van der Waals surface area contributed by atoms with Gasteiger partial charge in [-0.1, -0.05) is 29.8 Å². The molecule has 1 amide bonds. The first-order chi connectivity index (χ1) is 13.1. The van der Waals surface area contributed by atoms with Crippen LogP contribution < -0.4 is 15.4 Å². The first-order valence-corrected chi connectivity index (χ1v) is 8.85. The minimum absolute atomic E-state index is 0.172. The van der Waals surface area contributed by atoms with Gasteiger partial charge >= 0.3 is 0 Å². The van der Waals surface area contributed by atoms with Gasteiger partial charge in [0.1, 0.15) is 11.6 Å². The van der Waals surface area contributed by atoms with E-state index < -0.39 is 0 Å². The number of amides is 1. The van der Waals surface area contributed by atoms with E-state index in [4.69, 9.17) is 4.74 Å². The van der Waals surface area contributed by atoms with Gasteiger partial charge in [-0.3, -0.25) is 4.79 Å². The number of aromatic nitrogens is 1. The Hall–Kier alpha value is -3.34. The highest BCUT2D eigenvalue weighted by molar-refractivity contribution is 6.04. The van der Waals surface area contributed by atoms with Crippen LogP contribution in [0, 0.1) is 6.92 Å². The average Bonchev–Trinajstić information content (AvgIpc) is 2.70. The van der Waals surface area contributed by atoms with Gasteiger partial charge in [0.25, 0.3) is 5.91 Å². The van der Waals surface area contributed by atoms with Gasteiger partial charge in [-0.05, 0) is 55.3 Å². The number of pyridine rings is 1. The van der Waals surface area contributed by atoms with E-state index in [9.17, 15) is 4.79 Å². The minimum atomic E-state index is -0.172. The second-order valence-corrected chi connectivity index (χ2v) is 6.28. The predicted octanol–water partition coefficient (Wildman–Crippen LogP) is 4.31. The molecule has 1 heterocycles. The van der Waals surface area contributed by atoms with E-state index in [0.29, 0.717) is 5.56 Å². The average molecular weight is 361 g/mol. The number of nitrogens with one attached hydrogen (secondary N) is 2. The summed E-state index contributed by atoms with van der Waals surface area (Å²) in [6.45, 7) is 2.75. The topological polar surface area (TPSA) is 63.2 Å². The van der Waals surface area contributed by atoms with Crippen LogP contribution in [-0.2, 0) is 6.42 Å². The van der Waals surface area contributed by atoms with Crippen molar-refractivity contribution in [1.82, 2.24) is 4.98 Å². The highest BCUT2D eigenvalue weighted by atomic mass is 16.5. The fourth-order valence-corrected chi connectivity index (χ4v) is 2.64. The molecule has 0 saturated heterocycles. The number of methoxy groups -OCH3 is 1. The van der Waals surface area contributed by atoms with Crippen LogP contribution in [0.25, 0.3) is 0 Å². The maximum Gasteiger partial charge on any atom is 0.257 e. The third-order valence-electron chi connectivity index (χ3n) is 4.19. The monoisotopic (exact) mass is 361 g/mol. The Bertz CT molecular complexity index is 890. The van der Waals surface area contributed by atoms with Gasteiger partial charge in [0.15, 0.2) is 0 Å². The highest BCUT2D eigenvalue weighted by Gasteiger charge is 2.07. The molecule has 0 fully saturated rings. The van der Waals surface area contributed by atoms with Gasteiger partial charge in [0.2, 0.25) is 0 Å². The molecule has 0 radical (unpaired) electrons. The summed E-state index contributed by atoms with van der Waals surface area (Å²) < 4.78 is 5.23. The summed E-state index contributed by atoms with van der Waals surface area (Å²) in [4.78, 5) is 16.6. The van der Waals surface area contributed by atoms with Crippen molar-refractivity contribution >= 4 is 17.4 Å². The van der Waals surface area contributed by atoms with Crippen LogP contribution in [0.5, 0.6) is 5.75 Å². The zero-order valence-corrected chi connectivity index (χ0v) is 15.5. The number of nitrogens with zero attached hydrogens (tertiary/aromatic N) is 1. The summed E-state index contributed by atoms with van der Waals surface area (Å²) >= 11 is 0. The van der Waals surface area contributed by atoms with Crippen molar-refractivity contribution in [2.75, 3.05) is 24.3 Å². The van der Waals surface area contributed by atoms with E-state index >= 15 is 0 Å². The largest absolute Gasteiger partial charge is 0.497 e. The maximum atomic E-state index is 12.3. The molecule has 0 atom stereocenters. The molecule has 2 N–H and O–H groups in total. The Kier molecular flexibility index (Phi) is 6.05. The second-order valence-electron chi connectivity index (χ2n) is 6.28. The molecule has 0 unspecified atom stereocenters. The Morgan fingerprint density at radius 2 is 1.89 bits per heavy atom. The smallest absolute Gasteiger partial charge is 0.257 e. The molecule has 0 spiro atoms. The molecule has 138 valence electrons. The summed E-state index contributed by atoms with van der Waals surface area (Å²) in [6, 6.07) is 19.3. The first kappa shape index (κ1) is 18.5. The number of rotatable bonds is 7. The standard InChI is InChI=1S/C22H23N3O2/c1-16-6-9-19(10-7-16)25-22(26)18-8-11-21(24-15-18)23-13-12-17-4-3-5-20(14-17)27-2/h3-11,14-15H,12-13H2,1-2H3,(H,23,24)(H,25,26). The lowest BCUT2D eigenvalue weighted by molar-refractivity contribution is 0.102. The number of benzene rings is 2. The molecule has 27 heavy (non-hydrogen) atoms. The van der Waals surface area contributed by atoms with Crippen LogP contribution in [0.2, 0.25) is 0 Å². The fraction of sp³-hybridized carbons (Fsp3) is 0.182. The van der Waals surface area contributed by atoms with Crippen LogP contribution in [0.15, 0.2) is 66.9 Å². The number of aryl methyl sites for hydroxylation is 1. The van der Waals surface area contributed by atoms with Crippen molar-refractivity contribution in [2.24, 2.45) is 0 Å². The lowest BCUT2D eigenvalue weighted by atomic mass is 10.1. The highest BCUT2D eigenvalue weighted by Crippen LogP contribution is 2.14. The van der Waals surface area contributed by atoms with Crippen molar-refractivity contribution in [3.63, 3.8) is 0 Å². The van der Waals surface area contributed by atoms with E-state index in [-0.39, 0.29) is 5.91 Å². The predicted molar refractivity (Wildman–Crippen MR) is 109 cm³/mol. The lowest BCUT2D eigenvalue weighted by Crippen LogP contribution is -2.13. The molecular formula is C22H23N3O2. The molecule has 0 saturated carbocycles. The molecule has 0 aliphatic rings. The molecule has 5 heteroatoms. The number of carbonyl (C=O) groups is 1. The van der Waals surface area contributed by atoms with Gasteiger partial charge in [-0.25, -0.2) is 4.98 Å². The SMILES string of the molecule is COc1cccc(CCNc2ccc(C(=O)Nc3ccc(C)cc3)cn2)c1. The molecule has 5 nitrogen and oxygen atoms in total. The van der Waals surface area contributed by atoms with Gasteiger partial charge in [-0.15, -0.1) is 0 Å². The zero-order valence-electron chi connectivity index (χ0n) is 15.5. The quantitative estimate of drug-likeness (QED) is 0.658. The number of carbonyl (C=O) groups excluding carboxylic acids is 1. The van der Waals surface area contributed by atoms with Crippen molar-refractivity contribution < 1.29 is 9.53 Å². The molecular weight excluding hydrogens is 338 g/mol. The summed E-state index contributed by atoms with van der Waals surface area (Å²) in [5.74, 6) is 1.42. The number of anilines is 2. The van der Waals surface area contributed by atoms with E-state index in [2.05, 4.69) is 21.7 Å². The Labute approximate surface area is 159 Å². The van der Waals surface area contributed by atoms with Crippen molar-refractivity contribution in [3.05, 3.63) is 83.6 Å². The van der Waals surface area contributed by atoms with E-state index in [1.165, 1.54) is 5.56 Å². The minimum Gasteiger partial charge on any atom is -0.497 e. The second kappa shape index (κ2) is 8.85. The van der Waals surface area contributed by atoms with Gasteiger partial charge in [0.05, 0.1) is 12.7 Å². The summed E-state index contributed by atoms with van der Waals surface area (Å²) in [7, 11) is 1.66. The molecule has 0 aliphatic heterocycles.